The van der Waals surface area contributed by atoms with Crippen molar-refractivity contribution in [3.05, 3.63) is 76.7 Å². The molecule has 0 unspecified atom stereocenters. The topological polar surface area (TPSA) is 79.5 Å². The number of anilines is 1. The summed E-state index contributed by atoms with van der Waals surface area (Å²) >= 11 is 0. The van der Waals surface area contributed by atoms with Crippen molar-refractivity contribution in [2.45, 2.75) is 55.8 Å². The number of carbonyl (C=O) groups excluding carboxylic acids is 2. The van der Waals surface area contributed by atoms with Crippen molar-refractivity contribution in [3.8, 4) is 12.3 Å². The standard InChI is InChI=1S/C28H22F4N4O3/c1-2-16-5-10-22(21(29)11-16)35-15-23(37)36(14-17-3-8-20(9-4-17)28(30,31)32)27(26(35)38)12-19(13-27)25-33-24(34-39-25)18-6-7-18/h1,3-5,8-11,18-19H,6-7,12-15H2. The number of benzene rings is 2. The molecule has 200 valence electrons. The third-order valence-corrected chi connectivity index (χ3v) is 7.70. The lowest BCUT2D eigenvalue weighted by Gasteiger charge is -2.56. The molecule has 0 bridgehead atoms. The quantitative estimate of drug-likeness (QED) is 0.345. The molecule has 2 heterocycles. The fraction of sp³-hybridized carbons (Fsp3) is 0.357. The van der Waals surface area contributed by atoms with E-state index in [0.29, 0.717) is 17.3 Å². The largest absolute Gasteiger partial charge is 0.416 e. The van der Waals surface area contributed by atoms with Gasteiger partial charge in [0.1, 0.15) is 17.9 Å². The number of hydrogen-bond acceptors (Lipinski definition) is 5. The number of piperazine rings is 1. The molecule has 2 saturated carbocycles. The smallest absolute Gasteiger partial charge is 0.339 e. The van der Waals surface area contributed by atoms with Crippen LogP contribution in [0.2, 0.25) is 0 Å². The van der Waals surface area contributed by atoms with Crippen LogP contribution in [0.15, 0.2) is 47.0 Å². The fourth-order valence-electron chi connectivity index (χ4n) is 5.37. The number of halogens is 4. The summed E-state index contributed by atoms with van der Waals surface area (Å²) in [4.78, 5) is 34.4. The van der Waals surface area contributed by atoms with Crippen LogP contribution < -0.4 is 4.90 Å². The van der Waals surface area contributed by atoms with E-state index in [4.69, 9.17) is 10.9 Å². The van der Waals surface area contributed by atoms with Crippen molar-refractivity contribution in [2.24, 2.45) is 0 Å². The SMILES string of the molecule is C#Cc1ccc(N2CC(=O)N(Cc3ccc(C(F)(F)F)cc3)C3(CC(c4nc(C5CC5)no4)C3)C2=O)c(F)c1. The van der Waals surface area contributed by atoms with Crippen LogP contribution in [0.25, 0.3) is 0 Å². The van der Waals surface area contributed by atoms with E-state index in [1.807, 2.05) is 0 Å². The van der Waals surface area contributed by atoms with Crippen molar-refractivity contribution >= 4 is 17.5 Å². The van der Waals surface area contributed by atoms with Crippen LogP contribution >= 0.6 is 0 Å². The number of terminal acetylenes is 1. The predicted molar refractivity (Wildman–Crippen MR) is 130 cm³/mol. The van der Waals surface area contributed by atoms with Gasteiger partial charge in [0.2, 0.25) is 11.8 Å². The summed E-state index contributed by atoms with van der Waals surface area (Å²) in [5.74, 6) is 1.61. The van der Waals surface area contributed by atoms with Gasteiger partial charge in [-0.1, -0.05) is 23.2 Å². The first-order valence-corrected chi connectivity index (χ1v) is 12.5. The molecule has 0 atom stereocenters. The second-order valence-electron chi connectivity index (χ2n) is 10.3. The van der Waals surface area contributed by atoms with Gasteiger partial charge in [-0.05, 0) is 61.6 Å². The number of alkyl halides is 3. The molecule has 3 aromatic rings. The Hall–Kier alpha value is -4.20. The van der Waals surface area contributed by atoms with Gasteiger partial charge in [-0.2, -0.15) is 18.2 Å². The Morgan fingerprint density at radius 3 is 2.41 bits per heavy atom. The number of carbonyl (C=O) groups is 2. The molecule has 1 saturated heterocycles. The Bertz CT molecular complexity index is 1500. The summed E-state index contributed by atoms with van der Waals surface area (Å²) in [7, 11) is 0. The van der Waals surface area contributed by atoms with Gasteiger partial charge in [0.25, 0.3) is 5.91 Å². The Balaban J connectivity index is 1.32. The summed E-state index contributed by atoms with van der Waals surface area (Å²) in [6.07, 6.45) is 3.14. The maximum atomic E-state index is 15.0. The fourth-order valence-corrected chi connectivity index (χ4v) is 5.37. The van der Waals surface area contributed by atoms with Crippen LogP contribution in [0.1, 0.15) is 65.9 Å². The molecule has 1 spiro atoms. The van der Waals surface area contributed by atoms with Gasteiger partial charge in [0.05, 0.1) is 11.3 Å². The first-order valence-electron chi connectivity index (χ1n) is 12.5. The van der Waals surface area contributed by atoms with Crippen molar-refractivity contribution in [1.82, 2.24) is 15.0 Å². The van der Waals surface area contributed by atoms with E-state index in [1.54, 1.807) is 0 Å². The number of nitrogens with zero attached hydrogens (tertiary/aromatic N) is 4. The van der Waals surface area contributed by atoms with Gasteiger partial charge in [-0.15, -0.1) is 6.42 Å². The summed E-state index contributed by atoms with van der Waals surface area (Å²) in [5.41, 5.74) is -1.52. The zero-order valence-corrected chi connectivity index (χ0v) is 20.5. The zero-order valence-electron chi connectivity index (χ0n) is 20.5. The minimum Gasteiger partial charge on any atom is -0.339 e. The van der Waals surface area contributed by atoms with Gasteiger partial charge in [0.15, 0.2) is 5.82 Å². The van der Waals surface area contributed by atoms with E-state index in [0.717, 1.165) is 35.9 Å². The second kappa shape index (κ2) is 8.93. The third-order valence-electron chi connectivity index (χ3n) is 7.70. The lowest BCUT2D eigenvalue weighted by atomic mass is 9.65. The molecule has 0 radical (unpaired) electrons. The summed E-state index contributed by atoms with van der Waals surface area (Å²) in [5, 5.41) is 4.03. The molecule has 39 heavy (non-hydrogen) atoms. The van der Waals surface area contributed by atoms with Crippen LogP contribution in [0, 0.1) is 18.2 Å². The van der Waals surface area contributed by atoms with Crippen molar-refractivity contribution in [2.75, 3.05) is 11.4 Å². The predicted octanol–water partition coefficient (Wildman–Crippen LogP) is 4.78. The van der Waals surface area contributed by atoms with E-state index < -0.39 is 41.5 Å². The first-order chi connectivity index (χ1) is 18.6. The molecule has 1 aromatic heterocycles. The van der Waals surface area contributed by atoms with E-state index in [9.17, 15) is 27.2 Å². The molecule has 6 rings (SSSR count). The van der Waals surface area contributed by atoms with Gasteiger partial charge in [-0.25, -0.2) is 4.39 Å². The number of hydrogen-bond donors (Lipinski definition) is 0. The Morgan fingerprint density at radius 2 is 1.79 bits per heavy atom. The number of rotatable bonds is 5. The Labute approximate surface area is 220 Å². The van der Waals surface area contributed by atoms with Crippen LogP contribution in [-0.2, 0) is 22.3 Å². The monoisotopic (exact) mass is 538 g/mol. The van der Waals surface area contributed by atoms with Crippen LogP contribution in [0.5, 0.6) is 0 Å². The van der Waals surface area contributed by atoms with Gasteiger partial charge < -0.3 is 9.42 Å². The highest BCUT2D eigenvalue weighted by atomic mass is 19.4. The molecule has 2 amide bonds. The van der Waals surface area contributed by atoms with Crippen LogP contribution in [0.3, 0.4) is 0 Å². The summed E-state index contributed by atoms with van der Waals surface area (Å²) < 4.78 is 59.5. The Kier molecular flexibility index (Phi) is 5.75. The van der Waals surface area contributed by atoms with E-state index in [2.05, 4.69) is 16.1 Å². The molecule has 2 aromatic carbocycles. The maximum Gasteiger partial charge on any atom is 0.416 e. The second-order valence-corrected chi connectivity index (χ2v) is 10.3. The average molecular weight is 539 g/mol. The van der Waals surface area contributed by atoms with E-state index >= 15 is 0 Å². The molecule has 11 heteroatoms. The van der Waals surface area contributed by atoms with Gasteiger partial charge in [-0.3, -0.25) is 14.5 Å². The van der Waals surface area contributed by atoms with Crippen LogP contribution in [-0.4, -0.2) is 38.9 Å². The minimum atomic E-state index is -4.50. The van der Waals surface area contributed by atoms with Crippen molar-refractivity contribution in [3.63, 3.8) is 0 Å². The molecule has 2 aliphatic carbocycles. The maximum absolute atomic E-state index is 15.0. The lowest BCUT2D eigenvalue weighted by molar-refractivity contribution is -0.160. The highest BCUT2D eigenvalue weighted by Crippen LogP contribution is 2.52. The number of amides is 2. The zero-order chi connectivity index (χ0) is 27.5. The molecule has 3 fully saturated rings. The van der Waals surface area contributed by atoms with E-state index in [1.165, 1.54) is 29.2 Å². The third kappa shape index (κ3) is 4.33. The summed E-state index contributed by atoms with van der Waals surface area (Å²) in [6, 6.07) is 8.42. The highest BCUT2D eigenvalue weighted by molar-refractivity contribution is 6.10. The van der Waals surface area contributed by atoms with E-state index in [-0.39, 0.29) is 42.5 Å². The molecular weight excluding hydrogens is 516 g/mol. The summed E-state index contributed by atoms with van der Waals surface area (Å²) in [6.45, 7) is -0.510. The molecule has 7 nitrogen and oxygen atoms in total. The molecule has 1 aliphatic heterocycles. The van der Waals surface area contributed by atoms with Crippen LogP contribution in [0.4, 0.5) is 23.2 Å². The molecular formula is C28H22F4N4O3. The minimum absolute atomic E-state index is 0.0711. The normalized spacial score (nSPS) is 23.2. The number of aromatic nitrogens is 2. The van der Waals surface area contributed by atoms with Gasteiger partial charge in [0, 0.05) is 23.9 Å². The highest BCUT2D eigenvalue weighted by Gasteiger charge is 2.61. The first kappa shape index (κ1) is 25.1. The molecule has 3 aliphatic rings. The Morgan fingerprint density at radius 1 is 1.08 bits per heavy atom. The van der Waals surface area contributed by atoms with Crippen molar-refractivity contribution < 1.29 is 31.7 Å². The lowest BCUT2D eigenvalue weighted by Crippen LogP contribution is -2.72. The van der Waals surface area contributed by atoms with Crippen molar-refractivity contribution in [1.29, 1.82) is 0 Å². The van der Waals surface area contributed by atoms with Gasteiger partial charge >= 0.3 is 6.18 Å². The average Bonchev–Trinajstić information content (AvgIpc) is 3.62. The molecule has 0 N–H and O–H groups in total.